The van der Waals surface area contributed by atoms with E-state index in [9.17, 15) is 17.6 Å². The lowest BCUT2D eigenvalue weighted by molar-refractivity contribution is -0.117. The number of sulfonamides is 1. The number of nitrogens with one attached hydrogen (secondary N) is 1. The molecular weight excluding hydrogens is 402 g/mol. The number of carbonyl (C=O) groups is 1. The minimum absolute atomic E-state index is 0.188. The highest BCUT2D eigenvalue weighted by molar-refractivity contribution is 7.92. The van der Waals surface area contributed by atoms with Crippen LogP contribution in [0.4, 0.5) is 15.8 Å². The summed E-state index contributed by atoms with van der Waals surface area (Å²) in [5.41, 5.74) is 0.461. The molecule has 1 amide bonds. The zero-order valence-electron chi connectivity index (χ0n) is 14.0. The lowest BCUT2D eigenvalue weighted by Crippen LogP contribution is -2.47. The quantitative estimate of drug-likeness (QED) is 0.759. The lowest BCUT2D eigenvalue weighted by Gasteiger charge is -2.30. The summed E-state index contributed by atoms with van der Waals surface area (Å²) in [5.74, 6) is -1.09. The molecule has 5 nitrogen and oxygen atoms in total. The lowest BCUT2D eigenvalue weighted by atomic mass is 10.1. The minimum atomic E-state index is -3.81. The summed E-state index contributed by atoms with van der Waals surface area (Å²) in [4.78, 5) is 12.7. The fraction of sp³-hybridized carbons (Fsp3) is 0.235. The van der Waals surface area contributed by atoms with Crippen LogP contribution in [0.25, 0.3) is 0 Å². The third-order valence-electron chi connectivity index (χ3n) is 3.60. The minimum Gasteiger partial charge on any atom is -0.323 e. The molecule has 2 rings (SSSR count). The van der Waals surface area contributed by atoms with Crippen molar-refractivity contribution in [2.24, 2.45) is 0 Å². The molecule has 9 heteroatoms. The van der Waals surface area contributed by atoms with Crippen LogP contribution in [0.1, 0.15) is 13.3 Å². The van der Waals surface area contributed by atoms with Gasteiger partial charge >= 0.3 is 0 Å². The summed E-state index contributed by atoms with van der Waals surface area (Å²) in [5, 5.41) is 3.24. The number of amides is 1. The molecule has 0 unspecified atom stereocenters. The number of halogens is 3. The molecule has 0 aliphatic heterocycles. The summed E-state index contributed by atoms with van der Waals surface area (Å²) >= 11 is 12.0. The first-order valence-corrected chi connectivity index (χ1v) is 10.2. The molecule has 0 bridgehead atoms. The Labute approximate surface area is 161 Å². The average molecular weight is 419 g/mol. The molecule has 0 radical (unpaired) electrons. The predicted octanol–water partition coefficient (Wildman–Crippen LogP) is 4.32. The van der Waals surface area contributed by atoms with Crippen LogP contribution in [0.3, 0.4) is 0 Å². The van der Waals surface area contributed by atoms with Gasteiger partial charge in [-0.1, -0.05) is 30.1 Å². The van der Waals surface area contributed by atoms with Crippen LogP contribution < -0.4 is 9.62 Å². The number of carbonyl (C=O) groups excluding carboxylic acids is 1. The van der Waals surface area contributed by atoms with Crippen LogP contribution in [-0.2, 0) is 14.8 Å². The Balaban J connectivity index is 2.39. The number of rotatable bonds is 6. The van der Waals surface area contributed by atoms with Crippen molar-refractivity contribution in [3.05, 3.63) is 58.3 Å². The van der Waals surface area contributed by atoms with Crippen molar-refractivity contribution in [3.63, 3.8) is 0 Å². The summed E-state index contributed by atoms with van der Waals surface area (Å²) in [7, 11) is -3.81. The number of hydrogen-bond acceptors (Lipinski definition) is 3. The zero-order valence-corrected chi connectivity index (χ0v) is 16.4. The molecule has 0 saturated carbocycles. The van der Waals surface area contributed by atoms with E-state index >= 15 is 0 Å². The van der Waals surface area contributed by atoms with E-state index in [1.54, 1.807) is 13.0 Å². The summed E-state index contributed by atoms with van der Waals surface area (Å²) < 4.78 is 38.7. The van der Waals surface area contributed by atoms with Gasteiger partial charge in [0, 0.05) is 5.02 Å². The Morgan fingerprint density at radius 1 is 1.19 bits per heavy atom. The van der Waals surface area contributed by atoms with Gasteiger partial charge in [0.2, 0.25) is 15.9 Å². The van der Waals surface area contributed by atoms with Gasteiger partial charge < -0.3 is 5.32 Å². The first-order valence-electron chi connectivity index (χ1n) is 7.64. The number of anilines is 2. The van der Waals surface area contributed by atoms with Crippen LogP contribution in [0.5, 0.6) is 0 Å². The Hall–Kier alpha value is -1.83. The maximum Gasteiger partial charge on any atom is 0.248 e. The highest BCUT2D eigenvalue weighted by Crippen LogP contribution is 2.27. The van der Waals surface area contributed by atoms with Gasteiger partial charge in [-0.3, -0.25) is 9.10 Å². The zero-order chi connectivity index (χ0) is 19.5. The van der Waals surface area contributed by atoms with Crippen LogP contribution >= 0.6 is 23.2 Å². The Morgan fingerprint density at radius 3 is 2.35 bits per heavy atom. The van der Waals surface area contributed by atoms with Crippen molar-refractivity contribution in [3.8, 4) is 0 Å². The molecule has 2 aromatic rings. The standard InChI is InChI=1S/C17H17Cl2FN2O3S/c1-3-16(17(23)21-15-10-11(18)4-9-14(15)19)22(26(2,24)25)13-7-5-12(20)6-8-13/h4-10,16H,3H2,1-2H3,(H,21,23)/t16-/m1/s1. The maximum absolute atomic E-state index is 13.2. The molecule has 26 heavy (non-hydrogen) atoms. The van der Waals surface area contributed by atoms with Crippen molar-refractivity contribution in [1.29, 1.82) is 0 Å². The number of hydrogen-bond donors (Lipinski definition) is 1. The molecular formula is C17H17Cl2FN2O3S. The van der Waals surface area contributed by atoms with Crippen molar-refractivity contribution >= 4 is 50.5 Å². The number of benzene rings is 2. The van der Waals surface area contributed by atoms with E-state index in [0.717, 1.165) is 22.7 Å². The van der Waals surface area contributed by atoms with Gasteiger partial charge in [0.15, 0.2) is 0 Å². The second kappa shape index (κ2) is 8.24. The fourth-order valence-corrected chi connectivity index (χ4v) is 4.01. The van der Waals surface area contributed by atoms with E-state index in [2.05, 4.69) is 5.32 Å². The van der Waals surface area contributed by atoms with Crippen molar-refractivity contribution in [2.45, 2.75) is 19.4 Å². The van der Waals surface area contributed by atoms with Crippen LogP contribution in [0.15, 0.2) is 42.5 Å². The largest absolute Gasteiger partial charge is 0.323 e. The molecule has 0 aliphatic rings. The van der Waals surface area contributed by atoms with E-state index in [-0.39, 0.29) is 22.8 Å². The molecule has 0 spiro atoms. The smallest absolute Gasteiger partial charge is 0.248 e. The summed E-state index contributed by atoms with van der Waals surface area (Å²) in [6.45, 7) is 1.67. The normalized spacial score (nSPS) is 12.5. The Kier molecular flexibility index (Phi) is 6.49. The van der Waals surface area contributed by atoms with E-state index in [0.29, 0.717) is 5.02 Å². The molecule has 0 fully saturated rings. The molecule has 0 heterocycles. The number of nitrogens with zero attached hydrogens (tertiary/aromatic N) is 1. The Bertz CT molecular complexity index is 905. The molecule has 2 aromatic carbocycles. The topological polar surface area (TPSA) is 66.5 Å². The average Bonchev–Trinajstić information content (AvgIpc) is 2.56. The van der Waals surface area contributed by atoms with Gasteiger partial charge in [-0.2, -0.15) is 0 Å². The van der Waals surface area contributed by atoms with Crippen LogP contribution in [0, 0.1) is 5.82 Å². The SMILES string of the molecule is CC[C@H](C(=O)Nc1cc(Cl)ccc1Cl)N(c1ccc(F)cc1)S(C)(=O)=O. The first kappa shape index (κ1) is 20.5. The van der Waals surface area contributed by atoms with Gasteiger partial charge in [-0.25, -0.2) is 12.8 Å². The fourth-order valence-electron chi connectivity index (χ4n) is 2.46. The highest BCUT2D eigenvalue weighted by Gasteiger charge is 2.31. The second-order valence-electron chi connectivity index (χ2n) is 5.57. The van der Waals surface area contributed by atoms with Gasteiger partial charge in [0.25, 0.3) is 0 Å². The van der Waals surface area contributed by atoms with E-state index in [1.165, 1.54) is 24.3 Å². The third-order valence-corrected chi connectivity index (χ3v) is 5.34. The van der Waals surface area contributed by atoms with Crippen LogP contribution in [0.2, 0.25) is 10.0 Å². The molecule has 1 N–H and O–H groups in total. The monoisotopic (exact) mass is 418 g/mol. The van der Waals surface area contributed by atoms with Gasteiger partial charge in [0.1, 0.15) is 11.9 Å². The molecule has 0 saturated heterocycles. The molecule has 0 aromatic heterocycles. The van der Waals surface area contributed by atoms with E-state index in [4.69, 9.17) is 23.2 Å². The van der Waals surface area contributed by atoms with Gasteiger partial charge in [0.05, 0.1) is 22.7 Å². The van der Waals surface area contributed by atoms with E-state index < -0.39 is 27.8 Å². The molecule has 1 atom stereocenters. The van der Waals surface area contributed by atoms with Crippen LogP contribution in [-0.4, -0.2) is 26.6 Å². The highest BCUT2D eigenvalue weighted by atomic mass is 35.5. The summed E-state index contributed by atoms with van der Waals surface area (Å²) in [6, 6.07) is 8.38. The Morgan fingerprint density at radius 2 is 1.81 bits per heavy atom. The molecule has 140 valence electrons. The van der Waals surface area contributed by atoms with Gasteiger partial charge in [-0.05, 0) is 48.9 Å². The predicted molar refractivity (Wildman–Crippen MR) is 103 cm³/mol. The first-order chi connectivity index (χ1) is 12.1. The van der Waals surface area contributed by atoms with Crippen molar-refractivity contribution < 1.29 is 17.6 Å². The maximum atomic E-state index is 13.2. The van der Waals surface area contributed by atoms with E-state index in [1.807, 2.05) is 0 Å². The van der Waals surface area contributed by atoms with Crippen molar-refractivity contribution in [1.82, 2.24) is 0 Å². The van der Waals surface area contributed by atoms with Gasteiger partial charge in [-0.15, -0.1) is 0 Å². The molecule has 0 aliphatic carbocycles. The third kappa shape index (κ3) is 4.87. The second-order valence-corrected chi connectivity index (χ2v) is 8.28. The van der Waals surface area contributed by atoms with Crippen molar-refractivity contribution in [2.75, 3.05) is 15.9 Å². The summed E-state index contributed by atoms with van der Waals surface area (Å²) in [6.07, 6.45) is 1.17.